The second kappa shape index (κ2) is 7.75. The zero-order valence-corrected chi connectivity index (χ0v) is 10.2. The lowest BCUT2D eigenvalue weighted by atomic mass is 10.2. The van der Waals surface area contributed by atoms with Gasteiger partial charge in [-0.15, -0.1) is 5.01 Å². The quantitative estimate of drug-likeness (QED) is 0.446. The molecule has 0 aromatic heterocycles. The first kappa shape index (κ1) is 14.6. The molecule has 0 aromatic rings. The van der Waals surface area contributed by atoms with Crippen LogP contribution in [0.3, 0.4) is 0 Å². The lowest BCUT2D eigenvalue weighted by Gasteiger charge is -2.23. The number of imide groups is 1. The summed E-state index contributed by atoms with van der Waals surface area (Å²) in [4.78, 5) is 45.1. The van der Waals surface area contributed by atoms with Gasteiger partial charge in [0, 0.05) is 13.1 Å². The fourth-order valence-corrected chi connectivity index (χ4v) is 1.73. The zero-order chi connectivity index (χ0) is 14.1. The molecule has 19 heavy (non-hydrogen) atoms. The van der Waals surface area contributed by atoms with Gasteiger partial charge in [-0.3, -0.25) is 0 Å². The van der Waals surface area contributed by atoms with Crippen LogP contribution in [0.5, 0.6) is 0 Å². The van der Waals surface area contributed by atoms with E-state index in [1.807, 2.05) is 0 Å². The summed E-state index contributed by atoms with van der Waals surface area (Å²) in [5.74, 6) is 0. The summed E-state index contributed by atoms with van der Waals surface area (Å²) in [6.45, 7) is 0.960. The van der Waals surface area contributed by atoms with Crippen molar-refractivity contribution in [2.45, 2.75) is 25.7 Å². The van der Waals surface area contributed by atoms with Crippen LogP contribution in [0.2, 0.25) is 0 Å². The number of likely N-dealkylation sites (tertiary alicyclic amines) is 1. The van der Waals surface area contributed by atoms with Crippen molar-refractivity contribution in [3.63, 3.8) is 0 Å². The molecular weight excluding hydrogens is 254 g/mol. The number of nitrogens with one attached hydrogen (secondary N) is 1. The predicted molar refractivity (Wildman–Crippen MR) is 62.1 cm³/mol. The van der Waals surface area contributed by atoms with Gasteiger partial charge in [0.15, 0.2) is 0 Å². The molecule has 4 amide bonds. The number of isocyanates is 2. The second-order valence-electron chi connectivity index (χ2n) is 3.81. The number of rotatable bonds is 2. The molecule has 0 radical (unpaired) electrons. The summed E-state index contributed by atoms with van der Waals surface area (Å²) >= 11 is 0. The molecule has 1 rings (SSSR count). The van der Waals surface area contributed by atoms with E-state index in [-0.39, 0.29) is 0 Å². The number of urea groups is 2. The van der Waals surface area contributed by atoms with Gasteiger partial charge in [0.1, 0.15) is 0 Å². The van der Waals surface area contributed by atoms with Crippen molar-refractivity contribution in [1.82, 2.24) is 15.3 Å². The van der Waals surface area contributed by atoms with Crippen molar-refractivity contribution >= 4 is 24.2 Å². The van der Waals surface area contributed by atoms with Crippen molar-refractivity contribution in [1.29, 1.82) is 0 Å². The van der Waals surface area contributed by atoms with Crippen LogP contribution in [-0.4, -0.2) is 47.2 Å². The monoisotopic (exact) mass is 267 g/mol. The minimum Gasteiger partial charge on any atom is -0.323 e. The molecule has 0 spiro atoms. The number of amides is 4. The van der Waals surface area contributed by atoms with E-state index in [9.17, 15) is 19.2 Å². The van der Waals surface area contributed by atoms with Crippen molar-refractivity contribution in [2.24, 2.45) is 10.2 Å². The highest BCUT2D eigenvalue weighted by Gasteiger charge is 2.27. The predicted octanol–water partition coefficient (Wildman–Crippen LogP) is 0.496. The summed E-state index contributed by atoms with van der Waals surface area (Å²) in [5, 5.41) is 6.12. The van der Waals surface area contributed by atoms with Crippen LogP contribution in [0.25, 0.3) is 0 Å². The van der Waals surface area contributed by atoms with E-state index >= 15 is 0 Å². The summed E-state index contributed by atoms with van der Waals surface area (Å²) in [7, 11) is 0. The highest BCUT2D eigenvalue weighted by Crippen LogP contribution is 2.12. The number of nitrogens with zero attached hydrogens (tertiary/aromatic N) is 4. The first-order chi connectivity index (χ1) is 9.20. The maximum atomic E-state index is 12.0. The van der Waals surface area contributed by atoms with Crippen LogP contribution in [0.4, 0.5) is 9.59 Å². The third kappa shape index (κ3) is 4.34. The normalized spacial score (nSPS) is 14.4. The van der Waals surface area contributed by atoms with Crippen LogP contribution < -0.4 is 5.43 Å². The SMILES string of the molecule is O=C=NNC(=O)N(N=C=O)C(=O)N1CCCCCC1. The molecule has 1 aliphatic heterocycles. The van der Waals surface area contributed by atoms with Crippen molar-refractivity contribution in [2.75, 3.05) is 13.1 Å². The fraction of sp³-hybridized carbons (Fsp3) is 0.600. The molecule has 0 aromatic carbocycles. The lowest BCUT2D eigenvalue weighted by molar-refractivity contribution is 0.156. The largest absolute Gasteiger partial charge is 0.368 e. The van der Waals surface area contributed by atoms with Crippen molar-refractivity contribution in [3.05, 3.63) is 0 Å². The standard InChI is InChI=1S/C10H13N5O4/c16-7-11-13-9(18)15(12-8-17)10(19)14-5-3-1-2-4-6-14/h1-6H2,(H,13,18). The second-order valence-corrected chi connectivity index (χ2v) is 3.81. The maximum Gasteiger partial charge on any atom is 0.368 e. The average molecular weight is 267 g/mol. The van der Waals surface area contributed by atoms with E-state index in [2.05, 4.69) is 10.2 Å². The summed E-state index contributed by atoms with van der Waals surface area (Å²) in [5.41, 5.74) is 1.72. The molecule has 1 saturated heterocycles. The molecule has 1 aliphatic rings. The Bertz CT molecular complexity index is 431. The minimum absolute atomic E-state index is 0.291. The molecule has 0 saturated carbocycles. The third-order valence-electron chi connectivity index (χ3n) is 2.59. The summed E-state index contributed by atoms with van der Waals surface area (Å²) in [6.07, 6.45) is 5.83. The van der Waals surface area contributed by atoms with Crippen LogP contribution in [-0.2, 0) is 9.59 Å². The van der Waals surface area contributed by atoms with Crippen LogP contribution in [0.15, 0.2) is 10.2 Å². The van der Waals surface area contributed by atoms with Gasteiger partial charge in [-0.25, -0.2) is 24.6 Å². The molecule has 1 fully saturated rings. The smallest absolute Gasteiger partial charge is 0.323 e. The number of hydrogen-bond acceptors (Lipinski definition) is 6. The Hall–Kier alpha value is -2.50. The molecule has 0 bridgehead atoms. The third-order valence-corrected chi connectivity index (χ3v) is 2.59. The van der Waals surface area contributed by atoms with Crippen LogP contribution >= 0.6 is 0 Å². The molecule has 0 atom stereocenters. The Morgan fingerprint density at radius 3 is 2.21 bits per heavy atom. The Kier molecular flexibility index (Phi) is 5.94. The fourth-order valence-electron chi connectivity index (χ4n) is 1.73. The summed E-state index contributed by atoms with van der Waals surface area (Å²) in [6, 6.07) is -1.86. The molecular formula is C10H13N5O4. The van der Waals surface area contributed by atoms with Crippen molar-refractivity contribution in [3.8, 4) is 0 Å². The number of carbonyl (C=O) groups excluding carboxylic acids is 4. The Balaban J connectivity index is 2.78. The average Bonchev–Trinajstić information content (AvgIpc) is 2.70. The van der Waals surface area contributed by atoms with E-state index in [4.69, 9.17) is 0 Å². The molecule has 1 N–H and O–H groups in total. The Labute approximate surface area is 108 Å². The van der Waals surface area contributed by atoms with Gasteiger partial charge < -0.3 is 4.90 Å². The highest BCUT2D eigenvalue weighted by molar-refractivity contribution is 5.93. The molecule has 0 aliphatic carbocycles. The molecule has 9 nitrogen and oxygen atoms in total. The minimum atomic E-state index is -1.11. The zero-order valence-electron chi connectivity index (χ0n) is 10.2. The number of carbonyl (C=O) groups is 2. The van der Waals surface area contributed by atoms with Gasteiger partial charge in [0.2, 0.25) is 0 Å². The van der Waals surface area contributed by atoms with E-state index in [1.165, 1.54) is 4.90 Å². The maximum absolute atomic E-state index is 12.0. The van der Waals surface area contributed by atoms with Crippen LogP contribution in [0.1, 0.15) is 25.7 Å². The van der Waals surface area contributed by atoms with Gasteiger partial charge in [0.25, 0.3) is 12.2 Å². The van der Waals surface area contributed by atoms with Gasteiger partial charge in [-0.1, -0.05) is 23.0 Å². The van der Waals surface area contributed by atoms with E-state index in [0.717, 1.165) is 37.8 Å². The van der Waals surface area contributed by atoms with Crippen molar-refractivity contribution < 1.29 is 19.2 Å². The van der Waals surface area contributed by atoms with Gasteiger partial charge in [-0.05, 0) is 12.8 Å². The lowest BCUT2D eigenvalue weighted by Crippen LogP contribution is -2.46. The molecule has 102 valence electrons. The van der Waals surface area contributed by atoms with E-state index in [1.54, 1.807) is 5.43 Å². The molecule has 0 unspecified atom stereocenters. The van der Waals surface area contributed by atoms with E-state index in [0.29, 0.717) is 18.1 Å². The first-order valence-electron chi connectivity index (χ1n) is 5.74. The topological polar surface area (TPSA) is 112 Å². The van der Waals surface area contributed by atoms with E-state index < -0.39 is 12.1 Å². The van der Waals surface area contributed by atoms with Gasteiger partial charge >= 0.3 is 12.1 Å². The van der Waals surface area contributed by atoms with Crippen LogP contribution in [0, 0.1) is 0 Å². The molecule has 1 heterocycles. The Morgan fingerprint density at radius 1 is 1.05 bits per heavy atom. The Morgan fingerprint density at radius 2 is 1.68 bits per heavy atom. The number of hydrazone groups is 2. The summed E-state index contributed by atoms with van der Waals surface area (Å²) < 4.78 is 0. The highest BCUT2D eigenvalue weighted by atomic mass is 16.2. The van der Waals surface area contributed by atoms with Gasteiger partial charge in [0.05, 0.1) is 0 Å². The first-order valence-corrected chi connectivity index (χ1v) is 5.74. The number of hydrogen-bond donors (Lipinski definition) is 1. The molecule has 9 heteroatoms. The van der Waals surface area contributed by atoms with Gasteiger partial charge in [-0.2, -0.15) is 0 Å².